The Balaban J connectivity index is 2.27. The molecule has 17 heavy (non-hydrogen) atoms. The molecule has 0 atom stereocenters. The standard InChI is InChI=1S/C11H13BrClNO2S/c12-8-9-10(13)2-1-3-11(9)14-4-6-17(15,16)7-5-14/h1-3H,4-8H2. The lowest BCUT2D eigenvalue weighted by Crippen LogP contribution is -2.40. The van der Waals surface area contributed by atoms with Crippen molar-refractivity contribution in [3.63, 3.8) is 0 Å². The number of anilines is 1. The molecule has 0 radical (unpaired) electrons. The summed E-state index contributed by atoms with van der Waals surface area (Å²) < 4.78 is 22.8. The largest absolute Gasteiger partial charge is 0.369 e. The second-order valence-electron chi connectivity index (χ2n) is 4.01. The lowest BCUT2D eigenvalue weighted by atomic mass is 10.2. The predicted molar refractivity (Wildman–Crippen MR) is 74.9 cm³/mol. The first-order valence-corrected chi connectivity index (χ1v) is 8.64. The smallest absolute Gasteiger partial charge is 0.153 e. The van der Waals surface area contributed by atoms with E-state index in [1.54, 1.807) is 0 Å². The quantitative estimate of drug-likeness (QED) is 0.778. The van der Waals surface area contributed by atoms with E-state index in [0.29, 0.717) is 23.4 Å². The number of alkyl halides is 1. The molecule has 1 saturated heterocycles. The summed E-state index contributed by atoms with van der Waals surface area (Å²) in [5, 5.41) is 1.39. The van der Waals surface area contributed by atoms with E-state index in [-0.39, 0.29) is 11.5 Å². The average Bonchev–Trinajstić information content (AvgIpc) is 2.29. The fourth-order valence-corrected chi connectivity index (χ4v) is 4.12. The number of hydrogen-bond acceptors (Lipinski definition) is 3. The van der Waals surface area contributed by atoms with E-state index in [9.17, 15) is 8.42 Å². The van der Waals surface area contributed by atoms with Crippen molar-refractivity contribution < 1.29 is 8.42 Å². The van der Waals surface area contributed by atoms with Gasteiger partial charge in [-0.05, 0) is 12.1 Å². The molecule has 0 amide bonds. The fraction of sp³-hybridized carbons (Fsp3) is 0.455. The highest BCUT2D eigenvalue weighted by Gasteiger charge is 2.23. The highest BCUT2D eigenvalue weighted by atomic mass is 79.9. The highest BCUT2D eigenvalue weighted by Crippen LogP contribution is 2.30. The zero-order chi connectivity index (χ0) is 12.5. The van der Waals surface area contributed by atoms with Gasteiger partial charge in [0.2, 0.25) is 0 Å². The van der Waals surface area contributed by atoms with Crippen LogP contribution in [-0.2, 0) is 15.2 Å². The lowest BCUT2D eigenvalue weighted by Gasteiger charge is -2.30. The maximum atomic E-state index is 11.4. The zero-order valence-electron chi connectivity index (χ0n) is 9.20. The highest BCUT2D eigenvalue weighted by molar-refractivity contribution is 9.08. The molecule has 0 aliphatic carbocycles. The van der Waals surface area contributed by atoms with Gasteiger partial charge >= 0.3 is 0 Å². The minimum atomic E-state index is -2.84. The Hall–Kier alpha value is -0.260. The van der Waals surface area contributed by atoms with Gasteiger partial charge in [0.15, 0.2) is 9.84 Å². The number of nitrogens with zero attached hydrogens (tertiary/aromatic N) is 1. The fourth-order valence-electron chi connectivity index (χ4n) is 1.93. The predicted octanol–water partition coefficient (Wildman–Crippen LogP) is 2.47. The van der Waals surface area contributed by atoms with Gasteiger partial charge < -0.3 is 4.90 Å². The van der Waals surface area contributed by atoms with Gasteiger partial charge in [-0.25, -0.2) is 8.42 Å². The second-order valence-corrected chi connectivity index (χ2v) is 7.28. The molecule has 1 aromatic rings. The number of benzene rings is 1. The van der Waals surface area contributed by atoms with E-state index < -0.39 is 9.84 Å². The first-order valence-electron chi connectivity index (χ1n) is 5.32. The number of rotatable bonds is 2. The van der Waals surface area contributed by atoms with Crippen molar-refractivity contribution in [1.29, 1.82) is 0 Å². The Labute approximate surface area is 115 Å². The molecule has 1 aromatic carbocycles. The normalized spacial score (nSPS) is 19.3. The van der Waals surface area contributed by atoms with Gasteiger partial charge in [-0.1, -0.05) is 33.6 Å². The van der Waals surface area contributed by atoms with Crippen LogP contribution in [-0.4, -0.2) is 33.0 Å². The van der Waals surface area contributed by atoms with Crippen molar-refractivity contribution in [2.45, 2.75) is 5.33 Å². The summed E-state index contributed by atoms with van der Waals surface area (Å²) in [6.07, 6.45) is 0. The van der Waals surface area contributed by atoms with E-state index >= 15 is 0 Å². The molecule has 0 bridgehead atoms. The Bertz CT molecular complexity index is 504. The molecule has 3 nitrogen and oxygen atoms in total. The van der Waals surface area contributed by atoms with Gasteiger partial charge in [-0.2, -0.15) is 0 Å². The van der Waals surface area contributed by atoms with Crippen LogP contribution >= 0.6 is 27.5 Å². The van der Waals surface area contributed by atoms with Crippen LogP contribution in [0.15, 0.2) is 18.2 Å². The Morgan fingerprint density at radius 3 is 2.53 bits per heavy atom. The van der Waals surface area contributed by atoms with Crippen molar-refractivity contribution in [3.8, 4) is 0 Å². The Morgan fingerprint density at radius 1 is 1.29 bits per heavy atom. The summed E-state index contributed by atoms with van der Waals surface area (Å²) in [5.74, 6) is 0.447. The Kier molecular flexibility index (Phi) is 4.00. The van der Waals surface area contributed by atoms with Crippen LogP contribution in [0, 0.1) is 0 Å². The molecule has 1 heterocycles. The molecule has 0 aromatic heterocycles. The number of sulfone groups is 1. The van der Waals surface area contributed by atoms with Gasteiger partial charge in [0.05, 0.1) is 11.5 Å². The maximum Gasteiger partial charge on any atom is 0.153 e. The van der Waals surface area contributed by atoms with E-state index in [1.807, 2.05) is 18.2 Å². The monoisotopic (exact) mass is 337 g/mol. The molecule has 94 valence electrons. The molecule has 0 saturated carbocycles. The van der Waals surface area contributed by atoms with Crippen molar-refractivity contribution in [3.05, 3.63) is 28.8 Å². The van der Waals surface area contributed by atoms with Gasteiger partial charge in [0.1, 0.15) is 0 Å². The third-order valence-corrected chi connectivity index (χ3v) is 5.44. The van der Waals surface area contributed by atoms with Gasteiger partial charge in [0, 0.05) is 34.7 Å². The molecule has 0 N–H and O–H groups in total. The summed E-state index contributed by atoms with van der Waals surface area (Å²) in [6.45, 7) is 1.09. The van der Waals surface area contributed by atoms with E-state index in [2.05, 4.69) is 20.8 Å². The molecule has 1 aliphatic heterocycles. The molecule has 0 unspecified atom stereocenters. The summed E-state index contributed by atoms with van der Waals surface area (Å²) >= 11 is 9.55. The minimum absolute atomic E-state index is 0.223. The van der Waals surface area contributed by atoms with Crippen LogP contribution in [0.2, 0.25) is 5.02 Å². The van der Waals surface area contributed by atoms with Crippen LogP contribution in [0.1, 0.15) is 5.56 Å². The van der Waals surface area contributed by atoms with E-state index in [4.69, 9.17) is 11.6 Å². The SMILES string of the molecule is O=S1(=O)CCN(c2cccc(Cl)c2CBr)CC1. The minimum Gasteiger partial charge on any atom is -0.369 e. The first kappa shape index (κ1) is 13.2. The first-order chi connectivity index (χ1) is 8.03. The topological polar surface area (TPSA) is 37.4 Å². The molecular weight excluding hydrogens is 326 g/mol. The third-order valence-electron chi connectivity index (χ3n) is 2.91. The Morgan fingerprint density at radius 2 is 1.94 bits per heavy atom. The molecule has 0 spiro atoms. The van der Waals surface area contributed by atoms with Crippen LogP contribution < -0.4 is 4.90 Å². The lowest BCUT2D eigenvalue weighted by molar-refractivity contribution is 0.586. The summed E-state index contributed by atoms with van der Waals surface area (Å²) in [5.41, 5.74) is 2.05. The van der Waals surface area contributed by atoms with Gasteiger partial charge in [0.25, 0.3) is 0 Å². The van der Waals surface area contributed by atoms with Crippen LogP contribution in [0.5, 0.6) is 0 Å². The van der Waals surface area contributed by atoms with Gasteiger partial charge in [-0.3, -0.25) is 0 Å². The van der Waals surface area contributed by atoms with Crippen molar-refractivity contribution >= 4 is 43.1 Å². The van der Waals surface area contributed by atoms with Crippen LogP contribution in [0.25, 0.3) is 0 Å². The summed E-state index contributed by atoms with van der Waals surface area (Å²) in [7, 11) is -2.84. The molecule has 1 fully saturated rings. The number of halogens is 2. The molecular formula is C11H13BrClNO2S. The average molecular weight is 339 g/mol. The van der Waals surface area contributed by atoms with Crippen molar-refractivity contribution in [2.24, 2.45) is 0 Å². The van der Waals surface area contributed by atoms with E-state index in [1.165, 1.54) is 0 Å². The second kappa shape index (κ2) is 5.16. The summed E-state index contributed by atoms with van der Waals surface area (Å²) in [4.78, 5) is 2.09. The molecule has 1 aliphatic rings. The van der Waals surface area contributed by atoms with E-state index in [0.717, 1.165) is 11.3 Å². The summed E-state index contributed by atoms with van der Waals surface area (Å²) in [6, 6.07) is 5.73. The molecule has 6 heteroatoms. The molecule has 2 rings (SSSR count). The third kappa shape index (κ3) is 2.95. The maximum absolute atomic E-state index is 11.4. The van der Waals surface area contributed by atoms with Crippen LogP contribution in [0.3, 0.4) is 0 Å². The van der Waals surface area contributed by atoms with Crippen molar-refractivity contribution in [2.75, 3.05) is 29.5 Å². The zero-order valence-corrected chi connectivity index (χ0v) is 12.4. The van der Waals surface area contributed by atoms with Crippen molar-refractivity contribution in [1.82, 2.24) is 0 Å². The van der Waals surface area contributed by atoms with Crippen LogP contribution in [0.4, 0.5) is 5.69 Å². The van der Waals surface area contributed by atoms with Gasteiger partial charge in [-0.15, -0.1) is 0 Å². The number of hydrogen-bond donors (Lipinski definition) is 0.